The fourth-order valence-corrected chi connectivity index (χ4v) is 2.25. The Hall–Kier alpha value is -1.49. The van der Waals surface area contributed by atoms with Crippen LogP contribution in [0.25, 0.3) is 11.5 Å². The Morgan fingerprint density at radius 3 is 2.72 bits per heavy atom. The normalized spacial score (nSPS) is 10.4. The summed E-state index contributed by atoms with van der Waals surface area (Å²) in [6, 6.07) is 5.74. The van der Waals surface area contributed by atoms with Crippen molar-refractivity contribution in [1.29, 1.82) is 0 Å². The number of nitrogens with zero attached hydrogens (tertiary/aromatic N) is 3. The first-order valence-electron chi connectivity index (χ1n) is 5.91. The highest BCUT2D eigenvalue weighted by Gasteiger charge is 2.12. The van der Waals surface area contributed by atoms with Crippen molar-refractivity contribution in [1.82, 2.24) is 15.0 Å². The van der Waals surface area contributed by atoms with E-state index >= 15 is 0 Å². The van der Waals surface area contributed by atoms with Crippen molar-refractivity contribution in [3.63, 3.8) is 0 Å². The van der Waals surface area contributed by atoms with Crippen molar-refractivity contribution in [2.45, 2.75) is 19.8 Å². The minimum absolute atomic E-state index is 0.659. The lowest BCUT2D eigenvalue weighted by Crippen LogP contribution is -2.03. The van der Waals surface area contributed by atoms with Crippen LogP contribution in [0.1, 0.15) is 19.0 Å². The monoisotopic (exact) mass is 306 g/mol. The van der Waals surface area contributed by atoms with Gasteiger partial charge in [-0.25, -0.2) is 9.97 Å². The highest BCUT2D eigenvalue weighted by atomic mass is 79.9. The Balaban J connectivity index is 2.52. The zero-order chi connectivity index (χ0) is 13.0. The lowest BCUT2D eigenvalue weighted by atomic mass is 10.2. The molecule has 2 heterocycles. The van der Waals surface area contributed by atoms with Crippen LogP contribution in [0.5, 0.6) is 0 Å². The molecule has 0 atom stereocenters. The third kappa shape index (κ3) is 2.67. The van der Waals surface area contributed by atoms with Gasteiger partial charge in [-0.1, -0.05) is 19.4 Å². The van der Waals surface area contributed by atoms with Crippen LogP contribution in [0.2, 0.25) is 0 Å². The molecule has 0 bridgehead atoms. The van der Waals surface area contributed by atoms with Gasteiger partial charge in [0.2, 0.25) is 0 Å². The summed E-state index contributed by atoms with van der Waals surface area (Å²) in [5.41, 5.74) is 1.80. The number of halogens is 1. The molecule has 0 radical (unpaired) electrons. The zero-order valence-electron chi connectivity index (χ0n) is 10.4. The van der Waals surface area contributed by atoms with E-state index in [9.17, 15) is 0 Å². The van der Waals surface area contributed by atoms with Crippen molar-refractivity contribution in [3.8, 4) is 11.5 Å². The molecule has 5 heteroatoms. The van der Waals surface area contributed by atoms with E-state index in [4.69, 9.17) is 0 Å². The van der Waals surface area contributed by atoms with E-state index in [0.29, 0.717) is 5.82 Å². The SMILES string of the molecule is CCCc1nc(-c2ccccn2)nc(NC)c1Br. The Bertz CT molecular complexity index is 528. The third-order valence-electron chi connectivity index (χ3n) is 2.54. The Kier molecular flexibility index (Phi) is 4.25. The molecule has 0 aliphatic rings. The molecule has 2 rings (SSSR count). The van der Waals surface area contributed by atoms with Crippen molar-refractivity contribution >= 4 is 21.7 Å². The maximum atomic E-state index is 4.58. The molecule has 1 N–H and O–H groups in total. The molecule has 4 nitrogen and oxygen atoms in total. The van der Waals surface area contributed by atoms with Crippen LogP contribution in [-0.4, -0.2) is 22.0 Å². The minimum Gasteiger partial charge on any atom is -0.372 e. The standard InChI is InChI=1S/C13H15BrN4/c1-3-6-9-11(14)13(15-2)18-12(17-9)10-7-4-5-8-16-10/h4-5,7-8H,3,6H2,1-2H3,(H,15,17,18). The van der Waals surface area contributed by atoms with Gasteiger partial charge in [-0.2, -0.15) is 0 Å². The smallest absolute Gasteiger partial charge is 0.180 e. The van der Waals surface area contributed by atoms with E-state index in [-0.39, 0.29) is 0 Å². The average molecular weight is 307 g/mol. The quantitative estimate of drug-likeness (QED) is 0.941. The number of rotatable bonds is 4. The number of pyridine rings is 1. The van der Waals surface area contributed by atoms with E-state index in [2.05, 4.69) is 43.1 Å². The predicted molar refractivity (Wildman–Crippen MR) is 76.5 cm³/mol. The number of aryl methyl sites for hydroxylation is 1. The average Bonchev–Trinajstić information content (AvgIpc) is 2.42. The third-order valence-corrected chi connectivity index (χ3v) is 3.37. The van der Waals surface area contributed by atoms with E-state index in [1.54, 1.807) is 6.20 Å². The first-order chi connectivity index (χ1) is 8.76. The van der Waals surface area contributed by atoms with Gasteiger partial charge < -0.3 is 5.32 Å². The Morgan fingerprint density at radius 2 is 2.11 bits per heavy atom. The second-order valence-corrected chi connectivity index (χ2v) is 4.66. The summed E-state index contributed by atoms with van der Waals surface area (Å²) >= 11 is 3.54. The summed E-state index contributed by atoms with van der Waals surface area (Å²) in [6.45, 7) is 2.13. The zero-order valence-corrected chi connectivity index (χ0v) is 12.0. The van der Waals surface area contributed by atoms with Gasteiger partial charge in [0.05, 0.1) is 10.2 Å². The van der Waals surface area contributed by atoms with Crippen LogP contribution in [0.3, 0.4) is 0 Å². The van der Waals surface area contributed by atoms with Gasteiger partial charge in [-0.05, 0) is 34.5 Å². The van der Waals surface area contributed by atoms with Gasteiger partial charge in [0.1, 0.15) is 11.5 Å². The van der Waals surface area contributed by atoms with Crippen molar-refractivity contribution in [3.05, 3.63) is 34.6 Å². The van der Waals surface area contributed by atoms with Crippen molar-refractivity contribution in [2.24, 2.45) is 0 Å². The fraction of sp³-hybridized carbons (Fsp3) is 0.308. The molecule has 0 saturated carbocycles. The molecule has 0 aliphatic heterocycles. The van der Waals surface area contributed by atoms with E-state index < -0.39 is 0 Å². The molecule has 0 fully saturated rings. The number of aromatic nitrogens is 3. The summed E-state index contributed by atoms with van der Waals surface area (Å²) in [5.74, 6) is 1.46. The number of hydrogen-bond acceptors (Lipinski definition) is 4. The second kappa shape index (κ2) is 5.91. The molecule has 0 aromatic carbocycles. The maximum Gasteiger partial charge on any atom is 0.180 e. The molecule has 0 saturated heterocycles. The van der Waals surface area contributed by atoms with Gasteiger partial charge in [0.15, 0.2) is 5.82 Å². The summed E-state index contributed by atoms with van der Waals surface area (Å²) in [4.78, 5) is 13.3. The van der Waals surface area contributed by atoms with Crippen LogP contribution in [0.15, 0.2) is 28.9 Å². The number of hydrogen-bond donors (Lipinski definition) is 1. The van der Waals surface area contributed by atoms with Gasteiger partial charge in [-0.3, -0.25) is 4.98 Å². The van der Waals surface area contributed by atoms with E-state index in [0.717, 1.165) is 34.5 Å². The number of nitrogens with one attached hydrogen (secondary N) is 1. The first kappa shape index (κ1) is 13.0. The molecule has 0 amide bonds. The van der Waals surface area contributed by atoms with Gasteiger partial charge >= 0.3 is 0 Å². The molecule has 18 heavy (non-hydrogen) atoms. The highest BCUT2D eigenvalue weighted by Crippen LogP contribution is 2.26. The van der Waals surface area contributed by atoms with E-state index in [1.807, 2.05) is 25.2 Å². The number of anilines is 1. The van der Waals surface area contributed by atoms with Gasteiger partial charge in [0.25, 0.3) is 0 Å². The first-order valence-corrected chi connectivity index (χ1v) is 6.71. The lowest BCUT2D eigenvalue weighted by Gasteiger charge is -2.10. The molecular formula is C13H15BrN4. The molecule has 2 aromatic heterocycles. The Morgan fingerprint density at radius 1 is 1.28 bits per heavy atom. The summed E-state index contributed by atoms with van der Waals surface area (Å²) in [5, 5.41) is 3.08. The summed E-state index contributed by atoms with van der Waals surface area (Å²) in [7, 11) is 1.85. The minimum atomic E-state index is 0.659. The van der Waals surface area contributed by atoms with Crippen molar-refractivity contribution in [2.75, 3.05) is 12.4 Å². The van der Waals surface area contributed by atoms with Gasteiger partial charge in [-0.15, -0.1) is 0 Å². The molecule has 0 spiro atoms. The van der Waals surface area contributed by atoms with Crippen LogP contribution in [0.4, 0.5) is 5.82 Å². The van der Waals surface area contributed by atoms with E-state index in [1.165, 1.54) is 0 Å². The second-order valence-electron chi connectivity index (χ2n) is 3.87. The van der Waals surface area contributed by atoms with Crippen LogP contribution in [0, 0.1) is 0 Å². The van der Waals surface area contributed by atoms with Crippen LogP contribution in [-0.2, 0) is 6.42 Å². The van der Waals surface area contributed by atoms with Crippen molar-refractivity contribution < 1.29 is 0 Å². The molecular weight excluding hydrogens is 292 g/mol. The molecule has 0 unspecified atom stereocenters. The highest BCUT2D eigenvalue weighted by molar-refractivity contribution is 9.10. The Labute approximate surface area is 115 Å². The molecule has 0 aliphatic carbocycles. The largest absolute Gasteiger partial charge is 0.372 e. The lowest BCUT2D eigenvalue weighted by molar-refractivity contribution is 0.867. The molecule has 94 valence electrons. The van der Waals surface area contributed by atoms with Crippen LogP contribution < -0.4 is 5.32 Å². The topological polar surface area (TPSA) is 50.7 Å². The fourth-order valence-electron chi connectivity index (χ4n) is 1.67. The van der Waals surface area contributed by atoms with Gasteiger partial charge in [0, 0.05) is 13.2 Å². The maximum absolute atomic E-state index is 4.58. The molecule has 2 aromatic rings. The van der Waals surface area contributed by atoms with Crippen LogP contribution >= 0.6 is 15.9 Å². The summed E-state index contributed by atoms with van der Waals surface area (Å²) in [6.07, 6.45) is 3.71. The predicted octanol–water partition coefficient (Wildman–Crippen LogP) is 3.30. The summed E-state index contributed by atoms with van der Waals surface area (Å²) < 4.78 is 0.937.